The third-order valence-corrected chi connectivity index (χ3v) is 20.7. The molecule has 129 heavy (non-hydrogen) atoms. The Kier molecular flexibility index (Phi) is 61.4. The van der Waals surface area contributed by atoms with Crippen molar-refractivity contribution >= 4 is 240 Å². The summed E-state index contributed by atoms with van der Waals surface area (Å²) in [6.45, 7) is 33.5. The number of hydrogen-bond acceptors (Lipinski definition) is 20. The van der Waals surface area contributed by atoms with Gasteiger partial charge in [0.25, 0.3) is 16.4 Å². The molecule has 0 heterocycles. The minimum absolute atomic E-state index is 0. The molecule has 0 aromatic heterocycles. The molecule has 12 aromatic rings. The predicted molar refractivity (Wildman–Crippen MR) is 582 cm³/mol. The predicted octanol–water partition coefficient (Wildman–Crippen LogP) is 25.8. The number of aromatic carboxylic acids is 1. The van der Waals surface area contributed by atoms with Gasteiger partial charge in [-0.25, -0.2) is 20.4 Å². The Balaban J connectivity index is 0.000000426. The lowest BCUT2D eigenvalue weighted by Crippen LogP contribution is -2.21. The number of benzene rings is 12. The van der Waals surface area contributed by atoms with E-state index in [2.05, 4.69) is 344 Å². The van der Waals surface area contributed by atoms with Crippen molar-refractivity contribution in [1.29, 1.82) is 0 Å². The summed E-state index contributed by atoms with van der Waals surface area (Å²) in [5, 5.41) is 45.7. The maximum Gasteiger partial charge on any atom is 0.335 e. The number of carboxylic acid groups (broad SMARTS) is 1. The molecule has 0 saturated heterocycles. The number of ether oxygens (including phenoxy) is 4. The highest BCUT2D eigenvalue weighted by molar-refractivity contribution is 15.0. The number of hydroxylamine groups is 1. The fourth-order valence-corrected chi connectivity index (χ4v) is 13.4. The standard InChI is InChI=1S/2C24H27ClN2O2.C24H29N3O3.C24H28N2O3.CH4.Cl2OS.2I2.HI.H3NO/c2*1-3-27(4-2)15-18-5-7-22-14-19(6-8-21(22)13-18)16-29-17-26-23-11-9-20(10-12-23)24(25)28;1-3-27(4-2)15-18-5-7-22-14-19(6-8-21(22)13-18)16-30-17-25-23-11-9-20(10-12-23)24(28)26-29;1-3-26(4-2)15-18-5-7-22-14-19(6-8-21(22)13-18)16-29-17-25-23-11-9-20(10-12-23)24(27)28;;1-4(2)3;2*1-2;;1-2/h2*5-14,26H,3-4,15-17H2,1-2H3;5-14,25,29H,3-4,15-17H2,1-2H3,(H,26,28);5-14,25H,3-4,15-17H2,1-2H3,(H,27,28);1H4;;;;1H;2H,1H2. The molecule has 0 aliphatic carbocycles. The highest BCUT2D eigenvalue weighted by Crippen LogP contribution is 2.26. The highest BCUT2D eigenvalue weighted by atomic mass is 128. The van der Waals surface area contributed by atoms with Gasteiger partial charge in [0.05, 0.1) is 32.0 Å². The second kappa shape index (κ2) is 67.8. The quantitative estimate of drug-likeness (QED) is 0.00431. The van der Waals surface area contributed by atoms with Crippen LogP contribution >= 0.6 is 143 Å². The molecule has 698 valence electrons. The second-order valence-corrected chi connectivity index (χ2v) is 31.6. The van der Waals surface area contributed by atoms with E-state index < -0.39 is 31.6 Å². The van der Waals surface area contributed by atoms with Gasteiger partial charge in [-0.2, -0.15) is 0 Å². The molecule has 22 nitrogen and oxygen atoms in total. The first-order valence-electron chi connectivity index (χ1n) is 41.1. The first-order chi connectivity index (χ1) is 61.6. The minimum Gasteiger partial charge on any atom is -0.478 e. The third-order valence-electron chi connectivity index (χ3n) is 20.3. The van der Waals surface area contributed by atoms with E-state index in [-0.39, 0.29) is 37.0 Å². The van der Waals surface area contributed by atoms with Crippen LogP contribution in [0.3, 0.4) is 0 Å². The van der Waals surface area contributed by atoms with Crippen LogP contribution in [0, 0.1) is 0 Å². The van der Waals surface area contributed by atoms with E-state index in [1.807, 2.05) is 24.3 Å². The number of carboxylic acids is 1. The monoisotopic (exact) mass is 2420 g/mol. The normalized spacial score (nSPS) is 10.5. The van der Waals surface area contributed by atoms with E-state index in [9.17, 15) is 19.2 Å². The number of halogens is 9. The number of amides is 1. The van der Waals surface area contributed by atoms with Crippen LogP contribution in [0.1, 0.15) is 149 Å². The van der Waals surface area contributed by atoms with Crippen LogP contribution < -0.4 is 32.6 Å². The molecule has 0 saturated carbocycles. The number of carbonyl (C=O) groups is 4. The third kappa shape index (κ3) is 43.7. The summed E-state index contributed by atoms with van der Waals surface area (Å²) < 4.78 is 32.0. The molecular formula is C97H119Cl4I5N10O12S. The van der Waals surface area contributed by atoms with Crippen LogP contribution in [0.5, 0.6) is 0 Å². The number of nitrogens with one attached hydrogen (secondary N) is 5. The van der Waals surface area contributed by atoms with E-state index in [0.29, 0.717) is 70.0 Å². The maximum absolute atomic E-state index is 11.3. The number of carbonyl (C=O) groups excluding carboxylic acids is 3. The molecule has 0 atom stereocenters. The number of nitrogens with two attached hydrogens (primary N) is 1. The fraction of sp³-hybridized carbons (Fsp3) is 0.299. The zero-order valence-corrected chi connectivity index (χ0v) is 87.8. The van der Waals surface area contributed by atoms with Crippen molar-refractivity contribution in [2.45, 2.75) is 115 Å². The number of hydrogen-bond donors (Lipinski definition) is 9. The van der Waals surface area contributed by atoms with Gasteiger partial charge in [-0.3, -0.25) is 39.2 Å². The molecule has 0 radical (unpaired) electrons. The smallest absolute Gasteiger partial charge is 0.335 e. The molecule has 0 fully saturated rings. The van der Waals surface area contributed by atoms with Crippen LogP contribution in [-0.4, -0.2) is 141 Å². The van der Waals surface area contributed by atoms with Gasteiger partial charge in [0, 0.05) is 161 Å². The average Bonchev–Trinajstić information content (AvgIpc) is 0.835. The van der Waals surface area contributed by atoms with Crippen LogP contribution in [-0.2, 0) is 80.8 Å². The SMILES string of the molecule is C.CCN(CC)Cc1ccc2cc(COCNc3ccc(C(=O)Cl)cc3)ccc2c1.CCN(CC)Cc1ccc2cc(COCNc3ccc(C(=O)Cl)cc3)ccc2c1.CCN(CC)Cc1ccc2cc(COCNc3ccc(C(=O)NO)cc3)ccc2c1.CCN(CC)Cc1ccc2cc(COCNc3ccc(C(=O)O)cc3)ccc2c1.I.II.II.NO.O=S(Cl)Cl. The first-order valence-corrected chi connectivity index (χ1v) is 57.2. The van der Waals surface area contributed by atoms with Crippen LogP contribution in [0.4, 0.5) is 22.7 Å². The van der Waals surface area contributed by atoms with E-state index in [4.69, 9.17) is 61.9 Å². The fourth-order valence-electron chi connectivity index (χ4n) is 13.1. The Morgan fingerprint density at radius 3 is 0.690 bits per heavy atom. The van der Waals surface area contributed by atoms with E-state index in [1.165, 1.54) is 65.3 Å². The molecule has 0 aliphatic heterocycles. The summed E-state index contributed by atoms with van der Waals surface area (Å²) in [6.07, 6.45) is 0. The van der Waals surface area contributed by atoms with Gasteiger partial charge in [-0.15, -0.1) is 24.0 Å². The van der Waals surface area contributed by atoms with Crippen molar-refractivity contribution in [2.24, 2.45) is 5.90 Å². The van der Waals surface area contributed by atoms with Gasteiger partial charge in [0.1, 0.15) is 26.9 Å². The number of nitrogens with zero attached hydrogens (tertiary/aromatic N) is 4. The molecule has 10 N–H and O–H groups in total. The first kappa shape index (κ1) is 117. The molecular weight excluding hydrogens is 2310 g/mol. The molecule has 0 unspecified atom stereocenters. The molecule has 32 heteroatoms. The minimum atomic E-state index is -1.67. The molecule has 12 aromatic carbocycles. The maximum atomic E-state index is 11.3. The summed E-state index contributed by atoms with van der Waals surface area (Å²) in [6, 6.07) is 79.8. The summed E-state index contributed by atoms with van der Waals surface area (Å²) >= 11 is 19.4. The van der Waals surface area contributed by atoms with Crippen molar-refractivity contribution in [3.05, 3.63) is 309 Å². The Labute approximate surface area is 845 Å². The molecule has 0 aliphatic rings. The molecule has 0 spiro atoms. The Morgan fingerprint density at radius 2 is 0.512 bits per heavy atom. The van der Waals surface area contributed by atoms with E-state index in [0.717, 1.165) is 124 Å². The molecule has 0 bridgehead atoms. The number of rotatable bonds is 40. The zero-order valence-electron chi connectivity index (χ0n) is 73.0. The van der Waals surface area contributed by atoms with Gasteiger partial charge in [-0.1, -0.05) is 160 Å². The highest BCUT2D eigenvalue weighted by Gasteiger charge is 2.12. The van der Waals surface area contributed by atoms with Crippen molar-refractivity contribution in [3.63, 3.8) is 0 Å². The van der Waals surface area contributed by atoms with Crippen LogP contribution in [0.25, 0.3) is 43.1 Å². The van der Waals surface area contributed by atoms with Gasteiger partial charge in [-0.05, 0) is 309 Å². The van der Waals surface area contributed by atoms with Crippen LogP contribution in [0.2, 0.25) is 0 Å². The summed E-state index contributed by atoms with van der Waals surface area (Å²) in [5.41, 5.74) is 16.5. The zero-order chi connectivity index (χ0) is 92.8. The molecule has 1 amide bonds. The largest absolute Gasteiger partial charge is 0.478 e. The Hall–Kier alpha value is -6.32. The van der Waals surface area contributed by atoms with Gasteiger partial charge in [0.15, 0.2) is 0 Å². The van der Waals surface area contributed by atoms with Crippen molar-refractivity contribution in [3.8, 4) is 0 Å². The van der Waals surface area contributed by atoms with Gasteiger partial charge in [0.2, 0.25) is 9.23 Å². The summed E-state index contributed by atoms with van der Waals surface area (Å²) in [5.74, 6) is 2.04. The topological polar surface area (TPSA) is 282 Å². The van der Waals surface area contributed by atoms with Crippen LogP contribution in [0.15, 0.2) is 243 Å². The lowest BCUT2D eigenvalue weighted by Gasteiger charge is -2.18. The summed E-state index contributed by atoms with van der Waals surface area (Å²) in [7, 11) is 7.36. The summed E-state index contributed by atoms with van der Waals surface area (Å²) in [4.78, 5) is 54.0. The van der Waals surface area contributed by atoms with Crippen molar-refractivity contribution < 1.29 is 57.9 Å². The lowest BCUT2D eigenvalue weighted by molar-refractivity contribution is 0.0693. The molecule has 12 rings (SSSR count). The Morgan fingerprint density at radius 1 is 0.333 bits per heavy atom. The number of fused-ring (bicyclic) bond motifs is 4. The van der Waals surface area contributed by atoms with E-state index in [1.54, 1.807) is 78.3 Å². The van der Waals surface area contributed by atoms with Crippen molar-refractivity contribution in [2.75, 3.05) is 101 Å². The van der Waals surface area contributed by atoms with Gasteiger partial charge >= 0.3 is 5.97 Å². The average molecular weight is 2430 g/mol. The van der Waals surface area contributed by atoms with Crippen molar-refractivity contribution in [1.82, 2.24) is 25.1 Å². The van der Waals surface area contributed by atoms with Gasteiger partial charge < -0.3 is 50.5 Å². The number of anilines is 4. The second-order valence-electron chi connectivity index (χ2n) is 28.4. The lowest BCUT2D eigenvalue weighted by atomic mass is 10.0. The van der Waals surface area contributed by atoms with E-state index >= 15 is 0 Å². The Bertz CT molecular complexity index is 4890.